The molecule has 0 unspecified atom stereocenters. The summed E-state index contributed by atoms with van der Waals surface area (Å²) >= 11 is 1.62. The first-order valence-corrected chi connectivity index (χ1v) is 11.2. The molecule has 1 aliphatic heterocycles. The minimum absolute atomic E-state index is 0.572. The molecule has 0 atom stereocenters. The van der Waals surface area contributed by atoms with Crippen molar-refractivity contribution in [1.29, 1.82) is 5.26 Å². The van der Waals surface area contributed by atoms with Gasteiger partial charge in [0.15, 0.2) is 11.0 Å². The summed E-state index contributed by atoms with van der Waals surface area (Å²) in [6, 6.07) is 21.0. The summed E-state index contributed by atoms with van der Waals surface area (Å²) in [7, 11) is 2.21. The molecule has 0 radical (unpaired) electrons. The van der Waals surface area contributed by atoms with Gasteiger partial charge in [0.2, 0.25) is 0 Å². The van der Waals surface area contributed by atoms with Crippen LogP contribution in [0.3, 0.4) is 0 Å². The number of anilines is 1. The molecule has 5 nitrogen and oxygen atoms in total. The molecule has 1 aliphatic rings. The van der Waals surface area contributed by atoms with Gasteiger partial charge in [-0.3, -0.25) is 0 Å². The van der Waals surface area contributed by atoms with E-state index in [0.717, 1.165) is 54.2 Å². The monoisotopic (exact) mass is 416 g/mol. The molecule has 3 aromatic rings. The molecule has 152 valence electrons. The van der Waals surface area contributed by atoms with E-state index in [1.807, 2.05) is 30.3 Å². The predicted octanol–water partition coefficient (Wildman–Crippen LogP) is 2.95. The van der Waals surface area contributed by atoms with Crippen molar-refractivity contribution in [3.05, 3.63) is 71.3 Å². The highest BCUT2D eigenvalue weighted by molar-refractivity contribution is 7.98. The Morgan fingerprint density at radius 1 is 1.03 bits per heavy atom. The van der Waals surface area contributed by atoms with Gasteiger partial charge < -0.3 is 9.80 Å². The summed E-state index contributed by atoms with van der Waals surface area (Å²) in [5, 5.41) is 10.7. The lowest BCUT2D eigenvalue weighted by Gasteiger charge is -2.31. The zero-order chi connectivity index (χ0) is 20.9. The average molecular weight is 417 g/mol. The molecule has 1 aromatic heterocycles. The number of quaternary nitrogens is 1. The molecule has 2 aromatic carbocycles. The van der Waals surface area contributed by atoms with Crippen molar-refractivity contribution in [3.63, 3.8) is 0 Å². The number of thioether (sulfide) groups is 1. The van der Waals surface area contributed by atoms with E-state index in [2.05, 4.69) is 49.2 Å². The van der Waals surface area contributed by atoms with Crippen molar-refractivity contribution in [2.24, 2.45) is 0 Å². The van der Waals surface area contributed by atoms with Crippen molar-refractivity contribution in [3.8, 4) is 17.3 Å². The SMILES string of the molecule is Cc1ccc(-c2nc(SCc3ccccc3)nc(N3CC[NH+](C)CC3)c2C#N)cc1. The van der Waals surface area contributed by atoms with E-state index in [4.69, 9.17) is 9.97 Å². The lowest BCUT2D eigenvalue weighted by Crippen LogP contribution is -3.12. The van der Waals surface area contributed by atoms with Gasteiger partial charge in [-0.05, 0) is 12.5 Å². The smallest absolute Gasteiger partial charge is 0.190 e. The van der Waals surface area contributed by atoms with Crippen molar-refractivity contribution >= 4 is 17.6 Å². The Hall–Kier alpha value is -2.88. The van der Waals surface area contributed by atoms with E-state index in [0.29, 0.717) is 5.56 Å². The zero-order valence-corrected chi connectivity index (χ0v) is 18.2. The van der Waals surface area contributed by atoms with Crippen LogP contribution in [0, 0.1) is 18.3 Å². The number of piperazine rings is 1. The number of benzene rings is 2. The topological polar surface area (TPSA) is 57.2 Å². The van der Waals surface area contributed by atoms with Crippen LogP contribution in [0.15, 0.2) is 59.8 Å². The number of nitriles is 1. The standard InChI is InChI=1S/C24H25N5S/c1-18-8-10-20(11-9-18)22-21(16-25)23(29-14-12-28(2)13-15-29)27-24(26-22)30-17-19-6-4-3-5-7-19/h3-11H,12-15,17H2,1-2H3/p+1. The van der Waals surface area contributed by atoms with Crippen molar-refractivity contribution in [2.75, 3.05) is 38.1 Å². The molecule has 0 saturated carbocycles. The van der Waals surface area contributed by atoms with Gasteiger partial charge in [0, 0.05) is 11.3 Å². The first-order valence-electron chi connectivity index (χ1n) is 10.3. The highest BCUT2D eigenvalue weighted by Crippen LogP contribution is 2.32. The number of aromatic nitrogens is 2. The molecular weight excluding hydrogens is 390 g/mol. The number of nitrogens with one attached hydrogen (secondary N) is 1. The molecule has 1 saturated heterocycles. The fourth-order valence-electron chi connectivity index (χ4n) is 3.57. The number of aryl methyl sites for hydroxylation is 1. The molecule has 1 fully saturated rings. The summed E-state index contributed by atoms with van der Waals surface area (Å²) in [5.74, 6) is 1.57. The van der Waals surface area contributed by atoms with Crippen LogP contribution in [-0.4, -0.2) is 43.2 Å². The second-order valence-corrected chi connectivity index (χ2v) is 8.69. The molecule has 1 N–H and O–H groups in total. The summed E-state index contributed by atoms with van der Waals surface area (Å²) in [6.45, 7) is 5.94. The van der Waals surface area contributed by atoms with Crippen LogP contribution in [0.25, 0.3) is 11.3 Å². The maximum absolute atomic E-state index is 10.0. The fraction of sp³-hybridized carbons (Fsp3) is 0.292. The number of hydrogen-bond acceptors (Lipinski definition) is 5. The summed E-state index contributed by atoms with van der Waals surface area (Å²) in [6.07, 6.45) is 0. The maximum atomic E-state index is 10.0. The second-order valence-electron chi connectivity index (χ2n) is 7.75. The van der Waals surface area contributed by atoms with Gasteiger partial charge in [0.25, 0.3) is 0 Å². The number of hydrogen-bond donors (Lipinski definition) is 1. The van der Waals surface area contributed by atoms with Gasteiger partial charge in [-0.2, -0.15) is 5.26 Å². The Bertz CT molecular complexity index is 1040. The number of rotatable bonds is 5. The van der Waals surface area contributed by atoms with Gasteiger partial charge >= 0.3 is 0 Å². The van der Waals surface area contributed by atoms with Crippen molar-refractivity contribution in [2.45, 2.75) is 17.8 Å². The largest absolute Gasteiger partial charge is 0.344 e. The van der Waals surface area contributed by atoms with Crippen LogP contribution < -0.4 is 9.80 Å². The Morgan fingerprint density at radius 2 is 1.73 bits per heavy atom. The third kappa shape index (κ3) is 4.64. The van der Waals surface area contributed by atoms with Gasteiger partial charge in [-0.15, -0.1) is 0 Å². The van der Waals surface area contributed by atoms with E-state index in [-0.39, 0.29) is 0 Å². The Morgan fingerprint density at radius 3 is 2.40 bits per heavy atom. The van der Waals surface area contributed by atoms with Crippen LogP contribution in [0.1, 0.15) is 16.7 Å². The van der Waals surface area contributed by atoms with E-state index in [1.165, 1.54) is 16.0 Å². The van der Waals surface area contributed by atoms with E-state index < -0.39 is 0 Å². The quantitative estimate of drug-likeness (QED) is 0.512. The first kappa shape index (κ1) is 20.4. The molecule has 4 rings (SSSR count). The minimum Gasteiger partial charge on any atom is -0.344 e. The van der Waals surface area contributed by atoms with Crippen molar-refractivity contribution in [1.82, 2.24) is 9.97 Å². The lowest BCUT2D eigenvalue weighted by atomic mass is 10.0. The van der Waals surface area contributed by atoms with Crippen LogP contribution in [0.2, 0.25) is 0 Å². The number of likely N-dealkylation sites (N-methyl/N-ethyl adjacent to an activating group) is 1. The normalized spacial score (nSPS) is 14.5. The van der Waals surface area contributed by atoms with E-state index in [9.17, 15) is 5.26 Å². The second kappa shape index (κ2) is 9.29. The van der Waals surface area contributed by atoms with E-state index in [1.54, 1.807) is 11.8 Å². The molecule has 0 spiro atoms. The van der Waals surface area contributed by atoms with Crippen molar-refractivity contribution < 1.29 is 4.90 Å². The highest BCUT2D eigenvalue weighted by Gasteiger charge is 2.24. The van der Waals surface area contributed by atoms with Crippen LogP contribution >= 0.6 is 11.8 Å². The maximum Gasteiger partial charge on any atom is 0.190 e. The van der Waals surface area contributed by atoms with Gasteiger partial charge in [0.05, 0.1) is 38.9 Å². The molecule has 30 heavy (non-hydrogen) atoms. The summed E-state index contributed by atoms with van der Waals surface area (Å²) in [5.41, 5.74) is 4.68. The highest BCUT2D eigenvalue weighted by atomic mass is 32.2. The lowest BCUT2D eigenvalue weighted by molar-refractivity contribution is -0.880. The van der Waals surface area contributed by atoms with Gasteiger partial charge in [-0.25, -0.2) is 9.97 Å². The Kier molecular flexibility index (Phi) is 6.32. The third-order valence-electron chi connectivity index (χ3n) is 5.43. The van der Waals surface area contributed by atoms with E-state index >= 15 is 0 Å². The molecule has 6 heteroatoms. The third-order valence-corrected chi connectivity index (χ3v) is 6.35. The van der Waals surface area contributed by atoms with Crippen LogP contribution in [0.4, 0.5) is 5.82 Å². The first-order chi connectivity index (χ1) is 14.6. The molecule has 0 amide bonds. The average Bonchev–Trinajstić information content (AvgIpc) is 2.79. The Labute approximate surface area is 182 Å². The summed E-state index contributed by atoms with van der Waals surface area (Å²) < 4.78 is 0. The van der Waals surface area contributed by atoms with Gasteiger partial charge in [-0.1, -0.05) is 71.9 Å². The molecular formula is C24H26N5S+. The Balaban J connectivity index is 1.74. The molecule has 2 heterocycles. The molecule has 0 aliphatic carbocycles. The predicted molar refractivity (Wildman–Crippen MR) is 122 cm³/mol. The molecule has 0 bridgehead atoms. The number of nitrogens with zero attached hydrogens (tertiary/aromatic N) is 4. The van der Waals surface area contributed by atoms with Crippen LogP contribution in [-0.2, 0) is 5.75 Å². The van der Waals surface area contributed by atoms with Crippen LogP contribution in [0.5, 0.6) is 0 Å². The fourth-order valence-corrected chi connectivity index (χ4v) is 4.36. The minimum atomic E-state index is 0.572. The van der Waals surface area contributed by atoms with Gasteiger partial charge in [0.1, 0.15) is 11.6 Å². The summed E-state index contributed by atoms with van der Waals surface area (Å²) in [4.78, 5) is 13.4. The zero-order valence-electron chi connectivity index (χ0n) is 17.4.